The maximum Gasteiger partial charge on any atom is 0.136 e. The molecule has 80 valence electrons. The molecule has 16 heavy (non-hydrogen) atoms. The first-order valence-electron chi connectivity index (χ1n) is 4.95. The standard InChI is InChI=1S/C14H11ClO/c1-2-12-13(15)9-6-10-14(12)16-11-7-4-3-5-8-11/h2-10H,1H2. The van der Waals surface area contributed by atoms with Crippen molar-refractivity contribution in [2.24, 2.45) is 0 Å². The van der Waals surface area contributed by atoms with Gasteiger partial charge < -0.3 is 4.74 Å². The Morgan fingerprint density at radius 1 is 1.00 bits per heavy atom. The second-order valence-corrected chi connectivity index (χ2v) is 3.68. The van der Waals surface area contributed by atoms with Gasteiger partial charge in [0.1, 0.15) is 11.5 Å². The highest BCUT2D eigenvalue weighted by Gasteiger charge is 2.05. The lowest BCUT2D eigenvalue weighted by atomic mass is 10.2. The van der Waals surface area contributed by atoms with Gasteiger partial charge in [0.2, 0.25) is 0 Å². The first-order chi connectivity index (χ1) is 7.81. The van der Waals surface area contributed by atoms with Gasteiger partial charge in [0.05, 0.1) is 5.02 Å². The van der Waals surface area contributed by atoms with Gasteiger partial charge in [0.25, 0.3) is 0 Å². The molecule has 0 radical (unpaired) electrons. The fourth-order valence-corrected chi connectivity index (χ4v) is 1.66. The van der Waals surface area contributed by atoms with Crippen molar-refractivity contribution >= 4 is 17.7 Å². The smallest absolute Gasteiger partial charge is 0.136 e. The predicted molar refractivity (Wildman–Crippen MR) is 68.1 cm³/mol. The van der Waals surface area contributed by atoms with Gasteiger partial charge in [-0.3, -0.25) is 0 Å². The van der Waals surface area contributed by atoms with Gasteiger partial charge in [-0.15, -0.1) is 0 Å². The van der Waals surface area contributed by atoms with Crippen LogP contribution in [0.2, 0.25) is 5.02 Å². The van der Waals surface area contributed by atoms with E-state index >= 15 is 0 Å². The van der Waals surface area contributed by atoms with Crippen molar-refractivity contribution in [2.75, 3.05) is 0 Å². The summed E-state index contributed by atoms with van der Waals surface area (Å²) in [7, 11) is 0. The third-order valence-electron chi connectivity index (χ3n) is 2.19. The fourth-order valence-electron chi connectivity index (χ4n) is 1.42. The summed E-state index contributed by atoms with van der Waals surface area (Å²) in [5.74, 6) is 1.50. The van der Waals surface area contributed by atoms with Crippen LogP contribution in [-0.4, -0.2) is 0 Å². The summed E-state index contributed by atoms with van der Waals surface area (Å²) < 4.78 is 5.73. The minimum Gasteiger partial charge on any atom is -0.457 e. The Hall–Kier alpha value is -1.73. The molecule has 0 saturated heterocycles. The molecule has 0 heterocycles. The molecule has 0 spiro atoms. The maximum atomic E-state index is 6.04. The van der Waals surface area contributed by atoms with Crippen molar-refractivity contribution < 1.29 is 4.74 Å². The van der Waals surface area contributed by atoms with Gasteiger partial charge in [-0.25, -0.2) is 0 Å². The zero-order chi connectivity index (χ0) is 11.4. The van der Waals surface area contributed by atoms with E-state index in [1.165, 1.54) is 0 Å². The highest BCUT2D eigenvalue weighted by Crippen LogP contribution is 2.30. The summed E-state index contributed by atoms with van der Waals surface area (Å²) in [4.78, 5) is 0. The maximum absolute atomic E-state index is 6.04. The van der Waals surface area contributed by atoms with Crippen LogP contribution in [0.15, 0.2) is 55.1 Å². The van der Waals surface area contributed by atoms with Crippen LogP contribution in [0.1, 0.15) is 5.56 Å². The van der Waals surface area contributed by atoms with Gasteiger partial charge in [0, 0.05) is 5.56 Å². The molecule has 0 aromatic heterocycles. The number of rotatable bonds is 3. The quantitative estimate of drug-likeness (QED) is 0.738. The Balaban J connectivity index is 2.35. The molecule has 2 heteroatoms. The molecule has 2 aromatic rings. The van der Waals surface area contributed by atoms with Gasteiger partial charge in [-0.2, -0.15) is 0 Å². The molecule has 1 nitrogen and oxygen atoms in total. The van der Waals surface area contributed by atoms with Gasteiger partial charge >= 0.3 is 0 Å². The molecule has 0 saturated carbocycles. The van der Waals surface area contributed by atoms with E-state index in [0.717, 1.165) is 11.3 Å². The van der Waals surface area contributed by atoms with Crippen LogP contribution in [0.25, 0.3) is 6.08 Å². The zero-order valence-electron chi connectivity index (χ0n) is 8.69. The first kappa shape index (κ1) is 10.8. The van der Waals surface area contributed by atoms with Crippen LogP contribution < -0.4 is 4.74 Å². The van der Waals surface area contributed by atoms with Crippen molar-refractivity contribution in [3.63, 3.8) is 0 Å². The van der Waals surface area contributed by atoms with Crippen LogP contribution in [0.5, 0.6) is 11.5 Å². The fraction of sp³-hybridized carbons (Fsp3) is 0. The van der Waals surface area contributed by atoms with Crippen molar-refractivity contribution in [2.45, 2.75) is 0 Å². The molecule has 0 N–H and O–H groups in total. The number of halogens is 1. The lowest BCUT2D eigenvalue weighted by Gasteiger charge is -2.09. The SMILES string of the molecule is C=Cc1c(Cl)cccc1Oc1ccccc1. The van der Waals surface area contributed by atoms with Crippen LogP contribution >= 0.6 is 11.6 Å². The van der Waals surface area contributed by atoms with E-state index in [-0.39, 0.29) is 0 Å². The monoisotopic (exact) mass is 230 g/mol. The molecule has 0 unspecified atom stereocenters. The molecule has 0 amide bonds. The number of hydrogen-bond donors (Lipinski definition) is 0. The Kier molecular flexibility index (Phi) is 3.28. The van der Waals surface area contributed by atoms with Gasteiger partial charge in [-0.05, 0) is 24.3 Å². The minimum absolute atomic E-state index is 0.642. The van der Waals surface area contributed by atoms with E-state index in [1.54, 1.807) is 6.08 Å². The van der Waals surface area contributed by atoms with E-state index < -0.39 is 0 Å². The summed E-state index contributed by atoms with van der Waals surface area (Å²) in [5.41, 5.74) is 0.813. The van der Waals surface area contributed by atoms with Crippen molar-refractivity contribution in [3.05, 3.63) is 65.7 Å². The molecule has 0 atom stereocenters. The second kappa shape index (κ2) is 4.86. The van der Waals surface area contributed by atoms with Crippen molar-refractivity contribution in [3.8, 4) is 11.5 Å². The molecular formula is C14H11ClO. The van der Waals surface area contributed by atoms with E-state index in [9.17, 15) is 0 Å². The largest absolute Gasteiger partial charge is 0.457 e. The normalized spacial score (nSPS) is 9.81. The topological polar surface area (TPSA) is 9.23 Å². The minimum atomic E-state index is 0.642. The Morgan fingerprint density at radius 3 is 2.44 bits per heavy atom. The van der Waals surface area contributed by atoms with Crippen LogP contribution in [0.3, 0.4) is 0 Å². The Bertz CT molecular complexity index is 491. The second-order valence-electron chi connectivity index (χ2n) is 3.27. The van der Waals surface area contributed by atoms with Gasteiger partial charge in [0.15, 0.2) is 0 Å². The summed E-state index contributed by atoms with van der Waals surface area (Å²) >= 11 is 6.04. The molecule has 2 rings (SSSR count). The lowest BCUT2D eigenvalue weighted by molar-refractivity contribution is 0.481. The zero-order valence-corrected chi connectivity index (χ0v) is 9.45. The number of benzene rings is 2. The Morgan fingerprint density at radius 2 is 1.75 bits per heavy atom. The highest BCUT2D eigenvalue weighted by molar-refractivity contribution is 6.32. The van der Waals surface area contributed by atoms with E-state index in [1.807, 2.05) is 48.5 Å². The first-order valence-corrected chi connectivity index (χ1v) is 5.33. The van der Waals surface area contributed by atoms with Crippen LogP contribution in [0.4, 0.5) is 0 Å². The summed E-state index contributed by atoms with van der Waals surface area (Å²) in [6, 6.07) is 15.1. The molecule has 2 aromatic carbocycles. The summed E-state index contributed by atoms with van der Waals surface area (Å²) in [6.45, 7) is 3.73. The predicted octanol–water partition coefficient (Wildman–Crippen LogP) is 4.78. The van der Waals surface area contributed by atoms with Crippen LogP contribution in [-0.2, 0) is 0 Å². The molecule has 0 bridgehead atoms. The molecule has 0 fully saturated rings. The molecular weight excluding hydrogens is 220 g/mol. The van der Waals surface area contributed by atoms with Crippen LogP contribution in [0, 0.1) is 0 Å². The van der Waals surface area contributed by atoms with E-state index in [4.69, 9.17) is 16.3 Å². The summed E-state index contributed by atoms with van der Waals surface area (Å²) in [5, 5.41) is 0.642. The number of para-hydroxylation sites is 1. The molecule has 0 aliphatic heterocycles. The third kappa shape index (κ3) is 2.26. The van der Waals surface area contributed by atoms with Crippen molar-refractivity contribution in [1.82, 2.24) is 0 Å². The summed E-state index contributed by atoms with van der Waals surface area (Å²) in [6.07, 6.45) is 1.70. The van der Waals surface area contributed by atoms with Crippen molar-refractivity contribution in [1.29, 1.82) is 0 Å². The molecule has 0 aliphatic carbocycles. The third-order valence-corrected chi connectivity index (χ3v) is 2.52. The van der Waals surface area contributed by atoms with Gasteiger partial charge in [-0.1, -0.05) is 48.5 Å². The number of hydrogen-bond acceptors (Lipinski definition) is 1. The highest BCUT2D eigenvalue weighted by atomic mass is 35.5. The molecule has 0 aliphatic rings. The van der Waals surface area contributed by atoms with E-state index in [2.05, 4.69) is 6.58 Å². The average molecular weight is 231 g/mol. The van der Waals surface area contributed by atoms with E-state index in [0.29, 0.717) is 10.8 Å². The lowest BCUT2D eigenvalue weighted by Crippen LogP contribution is -1.87. The Labute approximate surface area is 99.9 Å². The average Bonchev–Trinajstić information content (AvgIpc) is 2.31. The number of ether oxygens (including phenoxy) is 1.